The highest BCUT2D eigenvalue weighted by Gasteiger charge is 2.28. The average Bonchev–Trinajstić information content (AvgIpc) is 2.46. The lowest BCUT2D eigenvalue weighted by Crippen LogP contribution is -2.37. The molecule has 1 amide bonds. The monoisotopic (exact) mass is 263 g/mol. The maximum absolute atomic E-state index is 12.4. The van der Waals surface area contributed by atoms with Crippen molar-refractivity contribution in [1.29, 1.82) is 0 Å². The van der Waals surface area contributed by atoms with E-state index >= 15 is 0 Å². The molecule has 0 radical (unpaired) electrons. The Labute approximate surface area is 114 Å². The number of amides is 1. The second-order valence-corrected chi connectivity index (χ2v) is 5.07. The van der Waals surface area contributed by atoms with E-state index in [9.17, 15) is 9.90 Å². The molecule has 0 spiro atoms. The third-order valence-corrected chi connectivity index (χ3v) is 3.89. The van der Waals surface area contributed by atoms with Crippen LogP contribution in [0.15, 0.2) is 24.3 Å². The smallest absolute Gasteiger partial charge is 0.226 e. The van der Waals surface area contributed by atoms with Crippen LogP contribution in [0.2, 0.25) is 0 Å². The third-order valence-electron chi connectivity index (χ3n) is 3.89. The van der Waals surface area contributed by atoms with Crippen LogP contribution in [0.3, 0.4) is 0 Å². The molecule has 1 aromatic rings. The molecule has 1 N–H and O–H groups in total. The van der Waals surface area contributed by atoms with Gasteiger partial charge in [0.15, 0.2) is 0 Å². The number of hydrogen-bond acceptors (Lipinski definition) is 3. The summed E-state index contributed by atoms with van der Waals surface area (Å²) in [4.78, 5) is 14.1. The third kappa shape index (κ3) is 3.07. The van der Waals surface area contributed by atoms with Crippen molar-refractivity contribution in [2.45, 2.75) is 25.8 Å². The first-order valence-electron chi connectivity index (χ1n) is 6.73. The Morgan fingerprint density at radius 2 is 2.00 bits per heavy atom. The molecule has 104 valence electrons. The summed E-state index contributed by atoms with van der Waals surface area (Å²) in [6, 6.07) is 7.04. The Hall–Kier alpha value is -1.55. The number of phenolic OH excluding ortho intramolecular Hbond substituents is 1. The minimum absolute atomic E-state index is 0.0482. The van der Waals surface area contributed by atoms with Crippen LogP contribution in [0.4, 0.5) is 0 Å². The number of benzene rings is 1. The molecule has 0 aliphatic carbocycles. The number of rotatable bonds is 3. The van der Waals surface area contributed by atoms with E-state index in [4.69, 9.17) is 4.74 Å². The summed E-state index contributed by atoms with van der Waals surface area (Å²) in [5.41, 5.74) is 0.783. The van der Waals surface area contributed by atoms with E-state index in [-0.39, 0.29) is 23.6 Å². The first kappa shape index (κ1) is 13.9. The van der Waals surface area contributed by atoms with Gasteiger partial charge in [-0.1, -0.05) is 18.2 Å². The van der Waals surface area contributed by atoms with Crippen LogP contribution in [-0.4, -0.2) is 36.2 Å². The van der Waals surface area contributed by atoms with Gasteiger partial charge in [-0.2, -0.15) is 0 Å². The van der Waals surface area contributed by atoms with Crippen LogP contribution >= 0.6 is 0 Å². The van der Waals surface area contributed by atoms with Crippen molar-refractivity contribution in [1.82, 2.24) is 4.90 Å². The van der Waals surface area contributed by atoms with Gasteiger partial charge < -0.3 is 14.7 Å². The number of carbonyl (C=O) groups excluding carboxylic acids is 1. The molecule has 0 saturated carbocycles. The van der Waals surface area contributed by atoms with Gasteiger partial charge in [-0.05, 0) is 25.8 Å². The fourth-order valence-electron chi connectivity index (χ4n) is 2.47. The predicted octanol–water partition coefficient (Wildman–Crippen LogP) is 2.34. The van der Waals surface area contributed by atoms with Gasteiger partial charge >= 0.3 is 0 Å². The van der Waals surface area contributed by atoms with Crippen LogP contribution < -0.4 is 0 Å². The summed E-state index contributed by atoms with van der Waals surface area (Å²) in [5.74, 6) is 0.424. The lowest BCUT2D eigenvalue weighted by Gasteiger charge is -2.31. The van der Waals surface area contributed by atoms with E-state index in [0.717, 1.165) is 18.4 Å². The Morgan fingerprint density at radius 3 is 2.63 bits per heavy atom. The fourth-order valence-corrected chi connectivity index (χ4v) is 2.47. The van der Waals surface area contributed by atoms with Crippen LogP contribution in [0, 0.1) is 5.92 Å². The molecule has 1 saturated heterocycles. The summed E-state index contributed by atoms with van der Waals surface area (Å²) < 4.78 is 5.28. The van der Waals surface area contributed by atoms with Crippen LogP contribution in [0.5, 0.6) is 5.75 Å². The Morgan fingerprint density at radius 1 is 1.37 bits per heavy atom. The Kier molecular flexibility index (Phi) is 4.43. The van der Waals surface area contributed by atoms with E-state index in [0.29, 0.717) is 13.2 Å². The molecule has 1 fully saturated rings. The van der Waals surface area contributed by atoms with Crippen molar-refractivity contribution in [3.63, 3.8) is 0 Å². The number of phenols is 1. The lowest BCUT2D eigenvalue weighted by molar-refractivity contribution is -0.139. The van der Waals surface area contributed by atoms with Gasteiger partial charge in [-0.3, -0.25) is 4.79 Å². The molecule has 0 aromatic heterocycles. The highest BCUT2D eigenvalue weighted by Crippen LogP contribution is 2.29. The molecular weight excluding hydrogens is 242 g/mol. The highest BCUT2D eigenvalue weighted by molar-refractivity contribution is 5.79. The molecule has 1 aromatic carbocycles. The van der Waals surface area contributed by atoms with Crippen LogP contribution in [-0.2, 0) is 9.53 Å². The average molecular weight is 263 g/mol. The van der Waals surface area contributed by atoms with Crippen LogP contribution in [0.25, 0.3) is 0 Å². The molecule has 1 aliphatic rings. The molecule has 4 nitrogen and oxygen atoms in total. The molecule has 19 heavy (non-hydrogen) atoms. The van der Waals surface area contributed by atoms with Crippen molar-refractivity contribution < 1.29 is 14.6 Å². The zero-order chi connectivity index (χ0) is 13.8. The molecule has 1 atom stereocenters. The minimum atomic E-state index is -0.128. The molecule has 2 rings (SSSR count). The molecule has 1 aliphatic heterocycles. The maximum Gasteiger partial charge on any atom is 0.226 e. The van der Waals surface area contributed by atoms with Crippen molar-refractivity contribution in [3.05, 3.63) is 29.8 Å². The van der Waals surface area contributed by atoms with Gasteiger partial charge in [0.1, 0.15) is 5.75 Å². The van der Waals surface area contributed by atoms with Gasteiger partial charge in [0.05, 0.1) is 6.04 Å². The largest absolute Gasteiger partial charge is 0.508 e. The summed E-state index contributed by atoms with van der Waals surface area (Å²) in [5, 5.41) is 9.86. The second kappa shape index (κ2) is 6.06. The van der Waals surface area contributed by atoms with E-state index < -0.39 is 0 Å². The number of ether oxygens (including phenoxy) is 1. The molecule has 1 unspecified atom stereocenters. The Balaban J connectivity index is 2.08. The first-order chi connectivity index (χ1) is 9.11. The van der Waals surface area contributed by atoms with Gasteiger partial charge in [-0.25, -0.2) is 0 Å². The molecule has 1 heterocycles. The standard InChI is InChI=1S/C15H21NO3/c1-11(13-5-3-4-6-14(13)17)16(2)15(18)12-7-9-19-10-8-12/h3-6,11-12,17H,7-10H2,1-2H3. The van der Waals surface area contributed by atoms with E-state index in [1.54, 1.807) is 24.1 Å². The number of nitrogens with zero attached hydrogens (tertiary/aromatic N) is 1. The van der Waals surface area contributed by atoms with Gasteiger partial charge in [0.25, 0.3) is 0 Å². The van der Waals surface area contributed by atoms with E-state index in [1.165, 1.54) is 0 Å². The quantitative estimate of drug-likeness (QED) is 0.910. The first-order valence-corrected chi connectivity index (χ1v) is 6.73. The summed E-state index contributed by atoms with van der Waals surface area (Å²) >= 11 is 0. The SMILES string of the molecule is CC(c1ccccc1O)N(C)C(=O)C1CCOCC1. The topological polar surface area (TPSA) is 49.8 Å². The summed E-state index contributed by atoms with van der Waals surface area (Å²) in [7, 11) is 1.80. The van der Waals surface area contributed by atoms with Crippen LogP contribution in [0.1, 0.15) is 31.4 Å². The van der Waals surface area contributed by atoms with Gasteiger partial charge in [-0.15, -0.1) is 0 Å². The maximum atomic E-state index is 12.4. The van der Waals surface area contributed by atoms with E-state index in [2.05, 4.69) is 0 Å². The van der Waals surface area contributed by atoms with Gasteiger partial charge in [0, 0.05) is 31.7 Å². The van der Waals surface area contributed by atoms with Crippen molar-refractivity contribution in [2.75, 3.05) is 20.3 Å². The van der Waals surface area contributed by atoms with E-state index in [1.807, 2.05) is 19.1 Å². The zero-order valence-corrected chi connectivity index (χ0v) is 11.5. The van der Waals surface area contributed by atoms with Gasteiger partial charge in [0.2, 0.25) is 5.91 Å². The predicted molar refractivity (Wildman–Crippen MR) is 72.8 cm³/mol. The molecule has 0 bridgehead atoms. The summed E-state index contributed by atoms with van der Waals surface area (Å²) in [6.45, 7) is 3.26. The number of para-hydroxylation sites is 1. The minimum Gasteiger partial charge on any atom is -0.508 e. The second-order valence-electron chi connectivity index (χ2n) is 5.07. The number of hydrogen-bond donors (Lipinski definition) is 1. The van der Waals surface area contributed by atoms with Crippen molar-refractivity contribution in [3.8, 4) is 5.75 Å². The lowest BCUT2D eigenvalue weighted by atomic mass is 9.97. The zero-order valence-electron chi connectivity index (χ0n) is 11.5. The molecular formula is C15H21NO3. The normalized spacial score (nSPS) is 18.0. The number of carbonyl (C=O) groups is 1. The summed E-state index contributed by atoms with van der Waals surface area (Å²) in [6.07, 6.45) is 1.58. The fraction of sp³-hybridized carbons (Fsp3) is 0.533. The Bertz CT molecular complexity index is 441. The van der Waals surface area contributed by atoms with Crippen molar-refractivity contribution >= 4 is 5.91 Å². The number of aromatic hydroxyl groups is 1. The van der Waals surface area contributed by atoms with Crippen molar-refractivity contribution in [2.24, 2.45) is 5.92 Å². The molecule has 4 heteroatoms. The highest BCUT2D eigenvalue weighted by atomic mass is 16.5.